The third-order valence-corrected chi connectivity index (χ3v) is 6.33. The highest BCUT2D eigenvalue weighted by atomic mass is 16.5. The molecule has 1 heterocycles. The van der Waals surface area contributed by atoms with E-state index in [1.807, 2.05) is 0 Å². The highest BCUT2D eigenvalue weighted by molar-refractivity contribution is 5.90. The van der Waals surface area contributed by atoms with E-state index >= 15 is 0 Å². The van der Waals surface area contributed by atoms with E-state index in [-0.39, 0.29) is 0 Å². The van der Waals surface area contributed by atoms with Crippen LogP contribution in [0, 0.1) is 13.8 Å². The second kappa shape index (κ2) is 8.92. The second-order valence-corrected chi connectivity index (χ2v) is 8.36. The third-order valence-electron chi connectivity index (χ3n) is 6.33. The Labute approximate surface area is 190 Å². The molecule has 0 atom stereocenters. The molecule has 0 aromatic heterocycles. The molecular weight excluding hydrogens is 392 g/mol. The van der Waals surface area contributed by atoms with E-state index in [0.717, 1.165) is 35.5 Å². The van der Waals surface area contributed by atoms with Crippen molar-refractivity contribution in [1.29, 1.82) is 0 Å². The van der Waals surface area contributed by atoms with Gasteiger partial charge in [-0.1, -0.05) is 72.8 Å². The van der Waals surface area contributed by atoms with Gasteiger partial charge in [-0.3, -0.25) is 0 Å². The molecule has 0 bridgehead atoms. The maximum absolute atomic E-state index is 6.34. The molecule has 160 valence electrons. The zero-order chi connectivity index (χ0) is 21.9. The van der Waals surface area contributed by atoms with Crippen molar-refractivity contribution in [2.24, 2.45) is 0 Å². The lowest BCUT2D eigenvalue weighted by atomic mass is 9.86. The summed E-state index contributed by atoms with van der Waals surface area (Å²) >= 11 is 0. The Bertz CT molecular complexity index is 1130. The lowest BCUT2D eigenvalue weighted by Gasteiger charge is -2.24. The standard InChI is InChI=1S/C30H28O2/c1-21-25(23-11-5-3-6-12-23)15-17-27-29(21)30-22(2)26(24-13-7-4-8-14-24)16-18-28(30)32-20-10-9-19-31-27/h3-8,11-18H,9-10,19-20H2,1-2H3. The number of fused-ring (bicyclic) bond motifs is 3. The number of benzene rings is 4. The summed E-state index contributed by atoms with van der Waals surface area (Å²) in [6.45, 7) is 5.81. The predicted molar refractivity (Wildman–Crippen MR) is 132 cm³/mol. The second-order valence-electron chi connectivity index (χ2n) is 8.36. The van der Waals surface area contributed by atoms with Crippen LogP contribution in [0.5, 0.6) is 11.5 Å². The lowest BCUT2D eigenvalue weighted by molar-refractivity contribution is 0.263. The molecule has 2 nitrogen and oxygen atoms in total. The van der Waals surface area contributed by atoms with Gasteiger partial charge in [-0.2, -0.15) is 0 Å². The van der Waals surface area contributed by atoms with Crippen LogP contribution >= 0.6 is 0 Å². The molecule has 0 saturated heterocycles. The van der Waals surface area contributed by atoms with E-state index in [1.165, 1.54) is 33.4 Å². The zero-order valence-electron chi connectivity index (χ0n) is 18.7. The summed E-state index contributed by atoms with van der Waals surface area (Å²) in [6, 6.07) is 29.8. The summed E-state index contributed by atoms with van der Waals surface area (Å²) in [5, 5.41) is 0. The van der Waals surface area contributed by atoms with Crippen molar-refractivity contribution in [3.8, 4) is 44.9 Å². The summed E-state index contributed by atoms with van der Waals surface area (Å²) in [5.74, 6) is 1.87. The van der Waals surface area contributed by atoms with Crippen molar-refractivity contribution >= 4 is 0 Å². The summed E-state index contributed by atoms with van der Waals surface area (Å²) in [5.41, 5.74) is 9.58. The van der Waals surface area contributed by atoms with Gasteiger partial charge in [0.15, 0.2) is 0 Å². The van der Waals surface area contributed by atoms with Gasteiger partial charge in [0, 0.05) is 11.1 Å². The van der Waals surface area contributed by atoms with Crippen molar-refractivity contribution in [2.45, 2.75) is 26.7 Å². The Kier molecular flexibility index (Phi) is 5.68. The number of ether oxygens (including phenoxy) is 2. The number of rotatable bonds is 2. The first kappa shape index (κ1) is 20.4. The Morgan fingerprint density at radius 1 is 0.500 bits per heavy atom. The first-order valence-corrected chi connectivity index (χ1v) is 11.4. The van der Waals surface area contributed by atoms with Crippen LogP contribution in [0.4, 0.5) is 0 Å². The Hall–Kier alpha value is -3.52. The van der Waals surface area contributed by atoms with Crippen molar-refractivity contribution < 1.29 is 9.47 Å². The van der Waals surface area contributed by atoms with Crippen molar-refractivity contribution in [1.82, 2.24) is 0 Å². The molecule has 0 fully saturated rings. The highest BCUT2D eigenvalue weighted by Crippen LogP contribution is 2.46. The van der Waals surface area contributed by atoms with Crippen LogP contribution in [0.2, 0.25) is 0 Å². The van der Waals surface area contributed by atoms with E-state index in [9.17, 15) is 0 Å². The molecule has 0 saturated carbocycles. The van der Waals surface area contributed by atoms with Crippen LogP contribution in [-0.2, 0) is 0 Å². The van der Waals surface area contributed by atoms with Gasteiger partial charge in [-0.05, 0) is 72.2 Å². The molecule has 4 aromatic carbocycles. The van der Waals surface area contributed by atoms with Gasteiger partial charge in [-0.25, -0.2) is 0 Å². The largest absolute Gasteiger partial charge is 0.493 e. The minimum Gasteiger partial charge on any atom is -0.493 e. The van der Waals surface area contributed by atoms with Crippen LogP contribution in [0.1, 0.15) is 24.0 Å². The van der Waals surface area contributed by atoms with Crippen LogP contribution in [-0.4, -0.2) is 13.2 Å². The van der Waals surface area contributed by atoms with E-state index in [0.29, 0.717) is 13.2 Å². The van der Waals surface area contributed by atoms with E-state index in [2.05, 4.69) is 98.8 Å². The number of hydrogen-bond acceptors (Lipinski definition) is 2. The van der Waals surface area contributed by atoms with E-state index in [1.54, 1.807) is 0 Å². The van der Waals surface area contributed by atoms with Crippen molar-refractivity contribution in [2.75, 3.05) is 13.2 Å². The summed E-state index contributed by atoms with van der Waals surface area (Å²) in [4.78, 5) is 0. The van der Waals surface area contributed by atoms with Crippen LogP contribution in [0.25, 0.3) is 33.4 Å². The molecule has 1 aliphatic rings. The van der Waals surface area contributed by atoms with Crippen molar-refractivity contribution in [3.63, 3.8) is 0 Å². The lowest BCUT2D eigenvalue weighted by Crippen LogP contribution is -2.08. The molecule has 0 unspecified atom stereocenters. The van der Waals surface area contributed by atoms with E-state index in [4.69, 9.17) is 9.47 Å². The molecule has 0 spiro atoms. The van der Waals surface area contributed by atoms with Crippen LogP contribution in [0.3, 0.4) is 0 Å². The zero-order valence-corrected chi connectivity index (χ0v) is 18.7. The minimum atomic E-state index is 0.702. The molecule has 1 aliphatic heterocycles. The third kappa shape index (κ3) is 3.78. The van der Waals surface area contributed by atoms with E-state index < -0.39 is 0 Å². The average Bonchev–Trinajstić information content (AvgIpc) is 2.83. The van der Waals surface area contributed by atoms with Gasteiger partial charge in [-0.15, -0.1) is 0 Å². The Morgan fingerprint density at radius 2 is 0.906 bits per heavy atom. The average molecular weight is 421 g/mol. The Balaban J connectivity index is 1.79. The SMILES string of the molecule is Cc1c(-c2ccccc2)ccc2c1-c1c(ccc(-c3ccccc3)c1C)OCCCCO2. The first-order valence-electron chi connectivity index (χ1n) is 11.4. The van der Waals surface area contributed by atoms with Gasteiger partial charge >= 0.3 is 0 Å². The molecule has 5 rings (SSSR count). The van der Waals surface area contributed by atoms with Gasteiger partial charge in [0.2, 0.25) is 0 Å². The first-order chi connectivity index (χ1) is 15.7. The van der Waals surface area contributed by atoms with Gasteiger partial charge < -0.3 is 9.47 Å². The minimum absolute atomic E-state index is 0.702. The van der Waals surface area contributed by atoms with Gasteiger partial charge in [0.25, 0.3) is 0 Å². The molecule has 32 heavy (non-hydrogen) atoms. The molecule has 0 aliphatic carbocycles. The van der Waals surface area contributed by atoms with Crippen LogP contribution in [0.15, 0.2) is 84.9 Å². The normalized spacial score (nSPS) is 13.3. The molecular formula is C30H28O2. The quantitative estimate of drug-likeness (QED) is 0.329. The fraction of sp³-hybridized carbons (Fsp3) is 0.200. The molecule has 0 N–H and O–H groups in total. The summed E-state index contributed by atoms with van der Waals surface area (Å²) in [7, 11) is 0. The molecule has 0 amide bonds. The monoisotopic (exact) mass is 420 g/mol. The highest BCUT2D eigenvalue weighted by Gasteiger charge is 2.22. The van der Waals surface area contributed by atoms with Gasteiger partial charge in [0.1, 0.15) is 11.5 Å². The Morgan fingerprint density at radius 3 is 1.31 bits per heavy atom. The maximum Gasteiger partial charge on any atom is 0.127 e. The molecule has 0 radical (unpaired) electrons. The summed E-state index contributed by atoms with van der Waals surface area (Å²) < 4.78 is 12.7. The van der Waals surface area contributed by atoms with Gasteiger partial charge in [0.05, 0.1) is 13.2 Å². The van der Waals surface area contributed by atoms with Crippen LogP contribution < -0.4 is 9.47 Å². The number of hydrogen-bond donors (Lipinski definition) is 0. The predicted octanol–water partition coefficient (Wildman–Crippen LogP) is 7.86. The maximum atomic E-state index is 6.34. The van der Waals surface area contributed by atoms with Crippen molar-refractivity contribution in [3.05, 3.63) is 96.1 Å². The smallest absolute Gasteiger partial charge is 0.127 e. The molecule has 4 aromatic rings. The topological polar surface area (TPSA) is 18.5 Å². The fourth-order valence-corrected chi connectivity index (χ4v) is 4.66. The summed E-state index contributed by atoms with van der Waals surface area (Å²) in [6.07, 6.45) is 1.96. The molecule has 2 heteroatoms. The fourth-order valence-electron chi connectivity index (χ4n) is 4.66.